The molecule has 1 aliphatic rings. The lowest BCUT2D eigenvalue weighted by Crippen LogP contribution is -2.52. The Balaban J connectivity index is 1.96. The van der Waals surface area contributed by atoms with Gasteiger partial charge in [-0.1, -0.05) is 6.07 Å². The van der Waals surface area contributed by atoms with Crippen LogP contribution >= 0.6 is 0 Å². The number of carbonyl (C=O) groups excluding carboxylic acids is 1. The monoisotopic (exact) mass is 237 g/mol. The van der Waals surface area contributed by atoms with E-state index in [2.05, 4.69) is 10.6 Å². The van der Waals surface area contributed by atoms with E-state index in [1.165, 1.54) is 12.1 Å². The summed E-state index contributed by atoms with van der Waals surface area (Å²) < 4.78 is 12.9. The summed E-state index contributed by atoms with van der Waals surface area (Å²) in [4.78, 5) is 13.6. The minimum atomic E-state index is -0.350. The lowest BCUT2D eigenvalue weighted by Gasteiger charge is -2.31. The topological polar surface area (TPSA) is 44.4 Å². The average molecular weight is 237 g/mol. The van der Waals surface area contributed by atoms with Crippen LogP contribution < -0.4 is 10.6 Å². The molecule has 2 amide bonds. The highest BCUT2D eigenvalue weighted by atomic mass is 19.1. The van der Waals surface area contributed by atoms with E-state index in [4.69, 9.17) is 0 Å². The maximum Gasteiger partial charge on any atom is 0.321 e. The van der Waals surface area contributed by atoms with Crippen LogP contribution in [0.3, 0.4) is 0 Å². The van der Waals surface area contributed by atoms with E-state index in [9.17, 15) is 9.18 Å². The zero-order valence-corrected chi connectivity index (χ0v) is 9.74. The molecular weight excluding hydrogens is 221 g/mol. The Labute approximate surface area is 99.8 Å². The molecule has 1 atom stereocenters. The molecule has 0 spiro atoms. The van der Waals surface area contributed by atoms with E-state index in [0.717, 1.165) is 6.54 Å². The fraction of sp³-hybridized carbons (Fsp3) is 0.417. The third kappa shape index (κ3) is 3.17. The minimum Gasteiger partial charge on any atom is -0.322 e. The summed E-state index contributed by atoms with van der Waals surface area (Å²) in [6, 6.07) is 6.02. The van der Waals surface area contributed by atoms with Gasteiger partial charge in [0.05, 0.1) is 0 Å². The summed E-state index contributed by atoms with van der Waals surface area (Å²) in [7, 11) is 0. The third-order valence-corrected chi connectivity index (χ3v) is 2.73. The van der Waals surface area contributed by atoms with Crippen LogP contribution in [0.25, 0.3) is 0 Å². The molecule has 4 nitrogen and oxygen atoms in total. The third-order valence-electron chi connectivity index (χ3n) is 2.73. The van der Waals surface area contributed by atoms with Crippen LogP contribution in [0.15, 0.2) is 24.3 Å². The lowest BCUT2D eigenvalue weighted by molar-refractivity contribution is 0.192. The van der Waals surface area contributed by atoms with Crippen molar-refractivity contribution in [2.45, 2.75) is 13.0 Å². The van der Waals surface area contributed by atoms with Gasteiger partial charge in [0.25, 0.3) is 0 Å². The fourth-order valence-corrected chi connectivity index (χ4v) is 1.89. The van der Waals surface area contributed by atoms with E-state index in [-0.39, 0.29) is 11.8 Å². The standard InChI is InChI=1S/C12H16FN3O/c1-9-8-16(6-5-14-9)12(17)15-11-4-2-3-10(13)7-11/h2-4,7,9,14H,5-6,8H2,1H3,(H,15,17)/t9-/m1/s1. The molecule has 0 radical (unpaired) electrons. The van der Waals surface area contributed by atoms with Crippen molar-refractivity contribution in [3.8, 4) is 0 Å². The number of benzene rings is 1. The first-order chi connectivity index (χ1) is 8.15. The molecule has 0 aliphatic carbocycles. The summed E-state index contributed by atoms with van der Waals surface area (Å²) in [6.07, 6.45) is 0. The first kappa shape index (κ1) is 11.9. The second kappa shape index (κ2) is 5.14. The van der Waals surface area contributed by atoms with Crippen molar-refractivity contribution >= 4 is 11.7 Å². The van der Waals surface area contributed by atoms with Crippen molar-refractivity contribution in [2.75, 3.05) is 25.0 Å². The Morgan fingerprint density at radius 2 is 2.41 bits per heavy atom. The van der Waals surface area contributed by atoms with Gasteiger partial charge in [-0.25, -0.2) is 9.18 Å². The molecule has 1 saturated heterocycles. The minimum absolute atomic E-state index is 0.177. The van der Waals surface area contributed by atoms with E-state index < -0.39 is 0 Å². The quantitative estimate of drug-likeness (QED) is 0.780. The van der Waals surface area contributed by atoms with E-state index in [1.807, 2.05) is 6.92 Å². The molecular formula is C12H16FN3O. The number of halogens is 1. The smallest absolute Gasteiger partial charge is 0.321 e. The molecule has 1 aliphatic heterocycles. The molecule has 0 bridgehead atoms. The van der Waals surface area contributed by atoms with Crippen molar-refractivity contribution in [1.29, 1.82) is 0 Å². The predicted octanol–water partition coefficient (Wildman–Crippen LogP) is 1.65. The Bertz CT molecular complexity index is 410. The number of anilines is 1. The Hall–Kier alpha value is -1.62. The number of hydrogen-bond donors (Lipinski definition) is 2. The van der Waals surface area contributed by atoms with Gasteiger partial charge in [0.1, 0.15) is 5.82 Å². The van der Waals surface area contributed by atoms with Crippen LogP contribution in [0.1, 0.15) is 6.92 Å². The van der Waals surface area contributed by atoms with Gasteiger partial charge in [0.2, 0.25) is 0 Å². The molecule has 5 heteroatoms. The summed E-state index contributed by atoms with van der Waals surface area (Å²) in [5.41, 5.74) is 0.487. The van der Waals surface area contributed by atoms with Crippen LogP contribution in [-0.2, 0) is 0 Å². The van der Waals surface area contributed by atoms with Gasteiger partial charge in [0, 0.05) is 31.4 Å². The second-order valence-electron chi connectivity index (χ2n) is 4.24. The van der Waals surface area contributed by atoms with Crippen molar-refractivity contribution < 1.29 is 9.18 Å². The molecule has 1 aromatic rings. The van der Waals surface area contributed by atoms with Gasteiger partial charge in [-0.3, -0.25) is 0 Å². The van der Waals surface area contributed by atoms with E-state index in [0.29, 0.717) is 24.8 Å². The van der Waals surface area contributed by atoms with Gasteiger partial charge < -0.3 is 15.5 Å². The van der Waals surface area contributed by atoms with Crippen molar-refractivity contribution in [2.24, 2.45) is 0 Å². The largest absolute Gasteiger partial charge is 0.322 e. The van der Waals surface area contributed by atoms with Gasteiger partial charge in [-0.2, -0.15) is 0 Å². The molecule has 2 N–H and O–H groups in total. The van der Waals surface area contributed by atoms with Crippen LogP contribution in [0.5, 0.6) is 0 Å². The number of amides is 2. The van der Waals surface area contributed by atoms with Crippen LogP contribution in [-0.4, -0.2) is 36.6 Å². The summed E-state index contributed by atoms with van der Waals surface area (Å²) in [6.45, 7) is 4.16. The zero-order chi connectivity index (χ0) is 12.3. The average Bonchev–Trinajstić information content (AvgIpc) is 2.29. The summed E-state index contributed by atoms with van der Waals surface area (Å²) in [5.74, 6) is -0.350. The number of carbonyl (C=O) groups is 1. The summed E-state index contributed by atoms with van der Waals surface area (Å²) in [5, 5.41) is 5.95. The maximum absolute atomic E-state index is 12.9. The number of nitrogens with zero attached hydrogens (tertiary/aromatic N) is 1. The maximum atomic E-state index is 12.9. The molecule has 1 heterocycles. The highest BCUT2D eigenvalue weighted by Crippen LogP contribution is 2.10. The van der Waals surface area contributed by atoms with E-state index >= 15 is 0 Å². The van der Waals surface area contributed by atoms with Crippen molar-refractivity contribution in [3.63, 3.8) is 0 Å². The molecule has 2 rings (SSSR count). The second-order valence-corrected chi connectivity index (χ2v) is 4.24. The fourth-order valence-electron chi connectivity index (χ4n) is 1.89. The van der Waals surface area contributed by atoms with Gasteiger partial charge in [-0.05, 0) is 25.1 Å². The van der Waals surface area contributed by atoms with Crippen LogP contribution in [0.4, 0.5) is 14.9 Å². The lowest BCUT2D eigenvalue weighted by atomic mass is 10.2. The molecule has 1 fully saturated rings. The number of rotatable bonds is 1. The van der Waals surface area contributed by atoms with Gasteiger partial charge >= 0.3 is 6.03 Å². The number of urea groups is 1. The first-order valence-corrected chi connectivity index (χ1v) is 5.70. The highest BCUT2D eigenvalue weighted by molar-refractivity contribution is 5.89. The van der Waals surface area contributed by atoms with E-state index in [1.54, 1.807) is 17.0 Å². The number of nitrogens with one attached hydrogen (secondary N) is 2. The van der Waals surface area contributed by atoms with Crippen LogP contribution in [0, 0.1) is 5.82 Å². The van der Waals surface area contributed by atoms with Crippen molar-refractivity contribution in [1.82, 2.24) is 10.2 Å². The molecule has 92 valence electrons. The molecule has 17 heavy (non-hydrogen) atoms. The van der Waals surface area contributed by atoms with Gasteiger partial charge in [-0.15, -0.1) is 0 Å². The molecule has 0 saturated carbocycles. The Morgan fingerprint density at radius 1 is 1.59 bits per heavy atom. The molecule has 0 aromatic heterocycles. The molecule has 0 unspecified atom stereocenters. The Kier molecular flexibility index (Phi) is 3.58. The number of piperazine rings is 1. The van der Waals surface area contributed by atoms with Crippen molar-refractivity contribution in [3.05, 3.63) is 30.1 Å². The highest BCUT2D eigenvalue weighted by Gasteiger charge is 2.20. The number of hydrogen-bond acceptors (Lipinski definition) is 2. The SMILES string of the molecule is C[C@@H]1CN(C(=O)Nc2cccc(F)c2)CCN1. The van der Waals surface area contributed by atoms with Crippen LogP contribution in [0.2, 0.25) is 0 Å². The van der Waals surface area contributed by atoms with Gasteiger partial charge in [0.15, 0.2) is 0 Å². The predicted molar refractivity (Wildman–Crippen MR) is 64.5 cm³/mol. The normalized spacial score (nSPS) is 20.1. The Morgan fingerprint density at radius 3 is 3.12 bits per heavy atom. The summed E-state index contributed by atoms with van der Waals surface area (Å²) >= 11 is 0. The zero-order valence-electron chi connectivity index (χ0n) is 9.74. The first-order valence-electron chi connectivity index (χ1n) is 5.70. The molecule has 1 aromatic carbocycles.